The van der Waals surface area contributed by atoms with Gasteiger partial charge in [-0.2, -0.15) is 0 Å². The average molecular weight is 469 g/mol. The number of nitrogens with zero attached hydrogens (tertiary/aromatic N) is 1. The van der Waals surface area contributed by atoms with Gasteiger partial charge < -0.3 is 9.88 Å². The second-order valence-electron chi connectivity index (χ2n) is 7.30. The Morgan fingerprint density at radius 2 is 1.81 bits per heavy atom. The summed E-state index contributed by atoms with van der Waals surface area (Å²) >= 11 is 13.9. The first-order valence-electron chi connectivity index (χ1n) is 10.0. The molecule has 0 saturated carbocycles. The number of aromatic nitrogens is 1. The van der Waals surface area contributed by atoms with Crippen LogP contribution in [0.1, 0.15) is 21.5 Å². The summed E-state index contributed by atoms with van der Waals surface area (Å²) in [4.78, 5) is 13.7. The van der Waals surface area contributed by atoms with E-state index < -0.39 is 0 Å². The predicted molar refractivity (Wildman–Crippen MR) is 131 cm³/mol. The van der Waals surface area contributed by atoms with Crippen molar-refractivity contribution < 1.29 is 4.79 Å². The smallest absolute Gasteiger partial charge is 0.252 e. The standard InChI is InChI=1S/C25H22Cl2N2OS/c1-17-6-2-3-7-18(17)16-31-24-15-29(23-9-5-4-8-21(23)24)13-12-28-25(30)20-11-10-19(26)14-22(20)27/h2-11,14-15H,12-13,16H2,1H3,(H,28,30). The maximum atomic E-state index is 12.5. The first kappa shape index (κ1) is 21.8. The summed E-state index contributed by atoms with van der Waals surface area (Å²) in [6, 6.07) is 21.7. The van der Waals surface area contributed by atoms with Gasteiger partial charge in [0.1, 0.15) is 0 Å². The number of hydrogen-bond donors (Lipinski definition) is 1. The van der Waals surface area contributed by atoms with Crippen LogP contribution in [0.5, 0.6) is 0 Å². The topological polar surface area (TPSA) is 34.0 Å². The van der Waals surface area contributed by atoms with Crippen LogP contribution in [-0.2, 0) is 12.3 Å². The fourth-order valence-electron chi connectivity index (χ4n) is 3.50. The monoisotopic (exact) mass is 468 g/mol. The SMILES string of the molecule is Cc1ccccc1CSc1cn(CCNC(=O)c2ccc(Cl)cc2Cl)c2ccccc12. The van der Waals surface area contributed by atoms with E-state index in [9.17, 15) is 4.79 Å². The van der Waals surface area contributed by atoms with Crippen molar-refractivity contribution >= 4 is 51.8 Å². The fourth-order valence-corrected chi connectivity index (χ4v) is 5.16. The molecule has 0 aliphatic carbocycles. The first-order valence-corrected chi connectivity index (χ1v) is 11.8. The molecule has 3 nitrogen and oxygen atoms in total. The lowest BCUT2D eigenvalue weighted by Gasteiger charge is -2.09. The van der Waals surface area contributed by atoms with Gasteiger partial charge in [0.2, 0.25) is 0 Å². The van der Waals surface area contributed by atoms with Crippen LogP contribution in [0.3, 0.4) is 0 Å². The van der Waals surface area contributed by atoms with Crippen molar-refractivity contribution in [1.82, 2.24) is 9.88 Å². The molecule has 4 rings (SSSR count). The molecule has 4 aromatic rings. The second kappa shape index (κ2) is 9.82. The van der Waals surface area contributed by atoms with Gasteiger partial charge >= 0.3 is 0 Å². The minimum atomic E-state index is -0.202. The molecule has 1 amide bonds. The highest BCUT2D eigenvalue weighted by molar-refractivity contribution is 7.98. The summed E-state index contributed by atoms with van der Waals surface area (Å²) in [5, 5.41) is 5.05. The van der Waals surface area contributed by atoms with E-state index in [1.807, 2.05) is 17.8 Å². The molecule has 0 unspecified atom stereocenters. The van der Waals surface area contributed by atoms with E-state index in [0.717, 1.165) is 11.3 Å². The Morgan fingerprint density at radius 3 is 2.61 bits per heavy atom. The van der Waals surface area contributed by atoms with Crippen molar-refractivity contribution in [3.05, 3.63) is 99.7 Å². The number of para-hydroxylation sites is 1. The van der Waals surface area contributed by atoms with Gasteiger partial charge in [-0.3, -0.25) is 4.79 Å². The molecule has 6 heteroatoms. The number of aryl methyl sites for hydroxylation is 1. The Kier molecular flexibility index (Phi) is 6.91. The van der Waals surface area contributed by atoms with Gasteiger partial charge in [0.05, 0.1) is 10.6 Å². The number of thioether (sulfide) groups is 1. The number of nitrogens with one attached hydrogen (secondary N) is 1. The second-order valence-corrected chi connectivity index (χ2v) is 9.16. The predicted octanol–water partition coefficient (Wildman–Crippen LogP) is 6.98. The Labute approximate surface area is 196 Å². The summed E-state index contributed by atoms with van der Waals surface area (Å²) in [6.45, 7) is 3.32. The zero-order valence-electron chi connectivity index (χ0n) is 17.1. The molecule has 3 aromatic carbocycles. The molecule has 1 heterocycles. The van der Waals surface area contributed by atoms with Crippen LogP contribution in [0.25, 0.3) is 10.9 Å². The van der Waals surface area contributed by atoms with Gasteiger partial charge in [-0.05, 0) is 42.3 Å². The molecule has 0 atom stereocenters. The Bertz CT molecular complexity index is 1240. The third kappa shape index (κ3) is 5.09. The van der Waals surface area contributed by atoms with Crippen molar-refractivity contribution in [1.29, 1.82) is 0 Å². The highest BCUT2D eigenvalue weighted by Crippen LogP contribution is 2.32. The molecule has 1 aromatic heterocycles. The zero-order chi connectivity index (χ0) is 21.8. The quantitative estimate of drug-likeness (QED) is 0.296. The molecular formula is C25H22Cl2N2OS. The number of rotatable bonds is 7. The number of halogens is 2. The van der Waals surface area contributed by atoms with Gasteiger partial charge in [-0.15, -0.1) is 11.8 Å². The van der Waals surface area contributed by atoms with Gasteiger partial charge in [0.15, 0.2) is 0 Å². The molecule has 1 N–H and O–H groups in total. The highest BCUT2D eigenvalue weighted by atomic mass is 35.5. The lowest BCUT2D eigenvalue weighted by Crippen LogP contribution is -2.27. The van der Waals surface area contributed by atoms with Crippen molar-refractivity contribution in [3.8, 4) is 0 Å². The Morgan fingerprint density at radius 1 is 1.03 bits per heavy atom. The van der Waals surface area contributed by atoms with Crippen LogP contribution in [0.4, 0.5) is 0 Å². The summed E-state index contributed by atoms with van der Waals surface area (Å²) in [5.41, 5.74) is 4.24. The number of fused-ring (bicyclic) bond motifs is 1. The zero-order valence-corrected chi connectivity index (χ0v) is 19.4. The summed E-state index contributed by atoms with van der Waals surface area (Å²) < 4.78 is 2.19. The van der Waals surface area contributed by atoms with Gasteiger partial charge in [0.25, 0.3) is 5.91 Å². The molecule has 0 saturated heterocycles. The third-order valence-electron chi connectivity index (χ3n) is 5.21. The minimum Gasteiger partial charge on any atom is -0.350 e. The van der Waals surface area contributed by atoms with Crippen molar-refractivity contribution in [3.63, 3.8) is 0 Å². The summed E-state index contributed by atoms with van der Waals surface area (Å²) in [5.74, 6) is 0.722. The van der Waals surface area contributed by atoms with E-state index in [1.165, 1.54) is 21.4 Å². The van der Waals surface area contributed by atoms with E-state index in [-0.39, 0.29) is 5.91 Å². The van der Waals surface area contributed by atoms with Gasteiger partial charge in [-0.1, -0.05) is 65.7 Å². The lowest BCUT2D eigenvalue weighted by atomic mass is 10.1. The molecular weight excluding hydrogens is 447 g/mol. The third-order valence-corrected chi connectivity index (χ3v) is 6.85. The van der Waals surface area contributed by atoms with Crippen LogP contribution < -0.4 is 5.32 Å². The maximum Gasteiger partial charge on any atom is 0.252 e. The van der Waals surface area contributed by atoms with E-state index >= 15 is 0 Å². The fraction of sp³-hybridized carbons (Fsp3) is 0.160. The molecule has 0 fully saturated rings. The number of carbonyl (C=O) groups excluding carboxylic acids is 1. The number of benzene rings is 3. The molecule has 0 bridgehead atoms. The molecule has 0 radical (unpaired) electrons. The Balaban J connectivity index is 1.45. The van der Waals surface area contributed by atoms with Crippen LogP contribution in [-0.4, -0.2) is 17.0 Å². The van der Waals surface area contributed by atoms with Crippen LogP contribution in [0.15, 0.2) is 77.8 Å². The van der Waals surface area contributed by atoms with Crippen molar-refractivity contribution in [2.75, 3.05) is 6.54 Å². The highest BCUT2D eigenvalue weighted by Gasteiger charge is 2.12. The van der Waals surface area contributed by atoms with Gasteiger partial charge in [-0.25, -0.2) is 0 Å². The largest absolute Gasteiger partial charge is 0.350 e. The van der Waals surface area contributed by atoms with Crippen molar-refractivity contribution in [2.24, 2.45) is 0 Å². The first-order chi connectivity index (χ1) is 15.0. The van der Waals surface area contributed by atoms with Crippen LogP contribution in [0.2, 0.25) is 10.0 Å². The normalized spacial score (nSPS) is 11.1. The molecule has 158 valence electrons. The molecule has 0 aliphatic rings. The van der Waals surface area contributed by atoms with Crippen molar-refractivity contribution in [2.45, 2.75) is 24.1 Å². The number of amides is 1. The average Bonchev–Trinajstić information content (AvgIpc) is 3.11. The van der Waals surface area contributed by atoms with Crippen LogP contribution >= 0.6 is 35.0 Å². The molecule has 31 heavy (non-hydrogen) atoms. The van der Waals surface area contributed by atoms with Crippen LogP contribution in [0, 0.1) is 6.92 Å². The van der Waals surface area contributed by atoms with E-state index in [2.05, 4.69) is 65.5 Å². The maximum absolute atomic E-state index is 12.5. The van der Waals surface area contributed by atoms with E-state index in [1.54, 1.807) is 18.2 Å². The molecule has 0 spiro atoms. The molecule has 0 aliphatic heterocycles. The summed E-state index contributed by atoms with van der Waals surface area (Å²) in [6.07, 6.45) is 2.18. The number of hydrogen-bond acceptors (Lipinski definition) is 2. The van der Waals surface area contributed by atoms with Gasteiger partial charge in [0, 0.05) is 45.9 Å². The van der Waals surface area contributed by atoms with E-state index in [4.69, 9.17) is 23.2 Å². The minimum absolute atomic E-state index is 0.202. The number of carbonyl (C=O) groups is 1. The Hall–Kier alpha value is -2.40. The lowest BCUT2D eigenvalue weighted by molar-refractivity contribution is 0.0952. The summed E-state index contributed by atoms with van der Waals surface area (Å²) in [7, 11) is 0. The van der Waals surface area contributed by atoms with E-state index in [0.29, 0.717) is 28.7 Å².